The molecule has 0 fully saturated rings. The summed E-state index contributed by atoms with van der Waals surface area (Å²) in [6, 6.07) is 0. The first-order valence-corrected chi connectivity index (χ1v) is 25.6. The van der Waals surface area contributed by atoms with Gasteiger partial charge in [-0.25, -0.2) is 0 Å². The smallest absolute Gasteiger partial charge is 0.0414 e. The van der Waals surface area contributed by atoms with Crippen LogP contribution in [0.1, 0.15) is 322 Å². The minimum absolute atomic E-state index is 0.993. The van der Waals surface area contributed by atoms with Crippen molar-refractivity contribution in [3.8, 4) is 0 Å². The van der Waals surface area contributed by atoms with Crippen molar-refractivity contribution < 1.29 is 0 Å². The van der Waals surface area contributed by atoms with Gasteiger partial charge in [0.1, 0.15) is 0 Å². The highest BCUT2D eigenvalue weighted by Crippen LogP contribution is 2.24. The van der Waals surface area contributed by atoms with E-state index in [1.165, 1.54) is 302 Å². The van der Waals surface area contributed by atoms with Gasteiger partial charge in [-0.2, -0.15) is 0 Å². The summed E-state index contributed by atoms with van der Waals surface area (Å²) < 4.78 is 0. The first kappa shape index (κ1) is 52.0. The van der Waals surface area contributed by atoms with Crippen molar-refractivity contribution in [3.05, 3.63) is 6.92 Å². The molecule has 0 nitrogen and oxygen atoms in total. The van der Waals surface area contributed by atoms with Gasteiger partial charge >= 0.3 is 0 Å². The van der Waals surface area contributed by atoms with Crippen LogP contribution in [0.5, 0.6) is 0 Å². The predicted octanol–water partition coefficient (Wildman–Crippen LogP) is 20.2. The molecule has 0 aliphatic carbocycles. The Kier molecular flexibility index (Phi) is 49.0. The van der Waals surface area contributed by atoms with Crippen LogP contribution in [0.3, 0.4) is 0 Å². The molecule has 313 valence electrons. The molecule has 0 aliphatic rings. The summed E-state index contributed by atoms with van der Waals surface area (Å²) in [5.41, 5.74) is 0. The van der Waals surface area contributed by atoms with Crippen LogP contribution in [0, 0.1) is 12.8 Å². The summed E-state index contributed by atoms with van der Waals surface area (Å²) in [4.78, 5) is 0. The highest BCUT2D eigenvalue weighted by molar-refractivity contribution is 4.63. The van der Waals surface area contributed by atoms with Crippen LogP contribution in [-0.2, 0) is 0 Å². The molecule has 0 aromatic rings. The lowest BCUT2D eigenvalue weighted by atomic mass is 9.90. The molecule has 52 heavy (non-hydrogen) atoms. The Balaban J connectivity index is 3.39. The van der Waals surface area contributed by atoms with Crippen molar-refractivity contribution in [2.45, 2.75) is 322 Å². The van der Waals surface area contributed by atoms with Crippen molar-refractivity contribution in [1.82, 2.24) is 0 Å². The van der Waals surface area contributed by atoms with Gasteiger partial charge in [0.15, 0.2) is 0 Å². The molecule has 0 rings (SSSR count). The summed E-state index contributed by atoms with van der Waals surface area (Å²) in [5, 5.41) is 0. The molecule has 0 spiro atoms. The van der Waals surface area contributed by atoms with Gasteiger partial charge in [-0.15, -0.1) is 0 Å². The normalized spacial score (nSPS) is 12.3. The van der Waals surface area contributed by atoms with Gasteiger partial charge in [0.2, 0.25) is 0 Å². The SMILES string of the molecule is [CH2]CCCC(CCCCCCCCCCCCCCCCCCCCCCC)CCCCCCCCCCCCCCCCCCCCCCCC. The summed E-state index contributed by atoms with van der Waals surface area (Å²) in [6.07, 6.45) is 70.6. The molecular weight excluding hydrogens is 625 g/mol. The highest BCUT2D eigenvalue weighted by Gasteiger charge is 2.08. The maximum absolute atomic E-state index is 4.14. The lowest BCUT2D eigenvalue weighted by Crippen LogP contribution is -2.01. The lowest BCUT2D eigenvalue weighted by Gasteiger charge is -2.16. The second-order valence-corrected chi connectivity index (χ2v) is 17.9. The van der Waals surface area contributed by atoms with E-state index < -0.39 is 0 Å². The molecule has 0 heteroatoms. The van der Waals surface area contributed by atoms with Crippen LogP contribution in [0.4, 0.5) is 0 Å². The fourth-order valence-corrected chi connectivity index (χ4v) is 8.77. The molecule has 0 bridgehead atoms. The summed E-state index contributed by atoms with van der Waals surface area (Å²) in [6.45, 7) is 8.77. The average Bonchev–Trinajstić information content (AvgIpc) is 3.16. The van der Waals surface area contributed by atoms with E-state index in [1.807, 2.05) is 0 Å². The largest absolute Gasteiger partial charge is 0.0654 e. The first-order chi connectivity index (χ1) is 25.8. The van der Waals surface area contributed by atoms with Crippen molar-refractivity contribution in [1.29, 1.82) is 0 Å². The monoisotopic (exact) mass is 730 g/mol. The molecule has 0 amide bonds. The molecule has 1 atom stereocenters. The fraction of sp³-hybridized carbons (Fsp3) is 0.981. The van der Waals surface area contributed by atoms with E-state index in [-0.39, 0.29) is 0 Å². The van der Waals surface area contributed by atoms with E-state index in [0.717, 1.165) is 12.3 Å². The van der Waals surface area contributed by atoms with Crippen molar-refractivity contribution in [2.24, 2.45) is 5.92 Å². The van der Waals surface area contributed by atoms with E-state index in [9.17, 15) is 0 Å². The van der Waals surface area contributed by atoms with Crippen LogP contribution in [0.25, 0.3) is 0 Å². The van der Waals surface area contributed by atoms with Crippen molar-refractivity contribution >= 4 is 0 Å². The number of rotatable bonds is 48. The zero-order valence-electron chi connectivity index (χ0n) is 37.2. The van der Waals surface area contributed by atoms with Crippen LogP contribution in [0.15, 0.2) is 0 Å². The third-order valence-corrected chi connectivity index (χ3v) is 12.5. The second-order valence-electron chi connectivity index (χ2n) is 17.9. The molecule has 0 aromatic carbocycles. The molecule has 0 saturated heterocycles. The van der Waals surface area contributed by atoms with E-state index in [1.54, 1.807) is 0 Å². The second kappa shape index (κ2) is 49.0. The van der Waals surface area contributed by atoms with Gasteiger partial charge in [-0.1, -0.05) is 329 Å². The Bertz CT molecular complexity index is 579. The predicted molar refractivity (Wildman–Crippen MR) is 242 cm³/mol. The van der Waals surface area contributed by atoms with Gasteiger partial charge in [-0.05, 0) is 5.92 Å². The maximum atomic E-state index is 4.14. The minimum atomic E-state index is 0.993. The molecular formula is C52H105. The summed E-state index contributed by atoms with van der Waals surface area (Å²) in [5.74, 6) is 0.993. The third-order valence-electron chi connectivity index (χ3n) is 12.5. The Hall–Kier alpha value is 0. The minimum Gasteiger partial charge on any atom is -0.0654 e. The molecule has 0 aromatic heterocycles. The number of unbranched alkanes of at least 4 members (excludes halogenated alkanes) is 42. The van der Waals surface area contributed by atoms with Gasteiger partial charge in [0.25, 0.3) is 0 Å². The molecule has 0 N–H and O–H groups in total. The number of hydrogen-bond acceptors (Lipinski definition) is 0. The molecule has 0 aliphatic heterocycles. The zero-order valence-corrected chi connectivity index (χ0v) is 37.2. The van der Waals surface area contributed by atoms with E-state index in [2.05, 4.69) is 20.8 Å². The first-order valence-electron chi connectivity index (χ1n) is 25.6. The standard InChI is InChI=1S/C52H105/c1-4-7-10-12-14-16-18-20-22-24-26-28-30-32-34-36-38-40-42-44-46-48-51-52(49-9-6-3)50-47-45-43-41-39-37-35-33-31-29-27-25-23-21-19-17-15-13-11-8-5-2/h52H,3-51H2,1-2H3. The van der Waals surface area contributed by atoms with Gasteiger partial charge in [0, 0.05) is 0 Å². The summed E-state index contributed by atoms with van der Waals surface area (Å²) in [7, 11) is 0. The van der Waals surface area contributed by atoms with E-state index >= 15 is 0 Å². The Labute approximate surface area is 333 Å². The third kappa shape index (κ3) is 46.2. The van der Waals surface area contributed by atoms with E-state index in [0.29, 0.717) is 0 Å². The maximum Gasteiger partial charge on any atom is -0.0414 e. The van der Waals surface area contributed by atoms with Crippen LogP contribution in [0.2, 0.25) is 0 Å². The molecule has 0 heterocycles. The average molecular weight is 730 g/mol. The lowest BCUT2D eigenvalue weighted by molar-refractivity contribution is 0.372. The van der Waals surface area contributed by atoms with E-state index in [4.69, 9.17) is 0 Å². The Morgan fingerprint density at radius 1 is 0.212 bits per heavy atom. The van der Waals surface area contributed by atoms with Gasteiger partial charge < -0.3 is 0 Å². The van der Waals surface area contributed by atoms with Crippen LogP contribution in [-0.4, -0.2) is 0 Å². The van der Waals surface area contributed by atoms with Gasteiger partial charge in [-0.3, -0.25) is 0 Å². The van der Waals surface area contributed by atoms with Crippen molar-refractivity contribution in [2.75, 3.05) is 0 Å². The molecule has 0 saturated carbocycles. The number of hydrogen-bond donors (Lipinski definition) is 0. The Morgan fingerprint density at radius 2 is 0.365 bits per heavy atom. The highest BCUT2D eigenvalue weighted by atomic mass is 14.1. The van der Waals surface area contributed by atoms with Crippen molar-refractivity contribution in [3.63, 3.8) is 0 Å². The topological polar surface area (TPSA) is 0 Å². The quantitative estimate of drug-likeness (QED) is 0.0547. The fourth-order valence-electron chi connectivity index (χ4n) is 8.77. The van der Waals surface area contributed by atoms with Crippen LogP contribution >= 0.6 is 0 Å². The molecule has 1 radical (unpaired) electrons. The summed E-state index contributed by atoms with van der Waals surface area (Å²) >= 11 is 0. The molecule has 1 unspecified atom stereocenters. The Morgan fingerprint density at radius 3 is 0.538 bits per heavy atom. The zero-order chi connectivity index (χ0) is 37.5. The van der Waals surface area contributed by atoms with Crippen LogP contribution < -0.4 is 0 Å². The van der Waals surface area contributed by atoms with Gasteiger partial charge in [0.05, 0.1) is 0 Å².